The quantitative estimate of drug-likeness (QED) is 0.850. The zero-order valence-corrected chi connectivity index (χ0v) is 13.4. The summed E-state index contributed by atoms with van der Waals surface area (Å²) in [7, 11) is 0. The topological polar surface area (TPSA) is 51.7 Å². The summed E-state index contributed by atoms with van der Waals surface area (Å²) in [6.45, 7) is 5.09. The van der Waals surface area contributed by atoms with Gasteiger partial charge in [0.15, 0.2) is 6.61 Å². The van der Waals surface area contributed by atoms with Crippen LogP contribution in [0.25, 0.3) is 0 Å². The Bertz CT molecular complexity index is 696. The van der Waals surface area contributed by atoms with E-state index < -0.39 is 0 Å². The van der Waals surface area contributed by atoms with Crippen LogP contribution in [0.15, 0.2) is 42.5 Å². The lowest BCUT2D eigenvalue weighted by molar-refractivity contribution is -0.142. The van der Waals surface area contributed by atoms with Crippen molar-refractivity contribution in [2.75, 3.05) is 19.7 Å². The van der Waals surface area contributed by atoms with Gasteiger partial charge in [-0.1, -0.05) is 24.3 Å². The molecule has 1 aliphatic heterocycles. The third kappa shape index (κ3) is 3.80. The Balaban J connectivity index is 1.44. The van der Waals surface area contributed by atoms with E-state index in [1.807, 2.05) is 56.3 Å². The van der Waals surface area contributed by atoms with Crippen molar-refractivity contribution in [2.24, 2.45) is 0 Å². The summed E-state index contributed by atoms with van der Waals surface area (Å²) in [6, 6.07) is 13.3. The number of rotatable bonds is 5. The molecule has 0 N–H and O–H groups in total. The highest BCUT2D eigenvalue weighted by atomic mass is 16.5. The lowest BCUT2D eigenvalue weighted by Gasteiger charge is -2.38. The van der Waals surface area contributed by atoms with Gasteiger partial charge in [-0.05, 0) is 31.5 Å². The number of amides is 1. The zero-order valence-electron chi connectivity index (χ0n) is 13.4. The summed E-state index contributed by atoms with van der Waals surface area (Å²) in [6.07, 6.45) is 0.00621. The predicted molar refractivity (Wildman–Crippen MR) is 86.6 cm³/mol. The molecule has 0 saturated carbocycles. The number of benzene rings is 1. The summed E-state index contributed by atoms with van der Waals surface area (Å²) in [5, 5.41) is 0. The second kappa shape index (κ2) is 6.69. The van der Waals surface area contributed by atoms with Crippen molar-refractivity contribution in [3.05, 3.63) is 53.7 Å². The summed E-state index contributed by atoms with van der Waals surface area (Å²) in [5.41, 5.74) is 1.94. The number of likely N-dealkylation sites (tertiary alicyclic amines) is 1. The number of pyridine rings is 1. The van der Waals surface area contributed by atoms with Crippen LogP contribution in [0, 0.1) is 13.8 Å². The summed E-state index contributed by atoms with van der Waals surface area (Å²) in [4.78, 5) is 18.1. The number of carbonyl (C=O) groups is 1. The van der Waals surface area contributed by atoms with Crippen molar-refractivity contribution < 1.29 is 14.3 Å². The van der Waals surface area contributed by atoms with Crippen LogP contribution in [0.4, 0.5) is 0 Å². The minimum Gasteiger partial charge on any atom is -0.484 e. The molecule has 3 rings (SSSR count). The molecule has 5 heteroatoms. The highest BCUT2D eigenvalue weighted by Gasteiger charge is 2.32. The number of nitrogens with zero attached hydrogens (tertiary/aromatic N) is 2. The van der Waals surface area contributed by atoms with E-state index >= 15 is 0 Å². The van der Waals surface area contributed by atoms with Gasteiger partial charge in [-0.2, -0.15) is 0 Å². The fourth-order valence-corrected chi connectivity index (χ4v) is 2.42. The Morgan fingerprint density at radius 3 is 2.70 bits per heavy atom. The van der Waals surface area contributed by atoms with E-state index in [1.54, 1.807) is 4.90 Å². The molecule has 23 heavy (non-hydrogen) atoms. The minimum atomic E-state index is -0.0229. The smallest absolute Gasteiger partial charge is 0.260 e. The number of aromatic nitrogens is 1. The molecule has 0 spiro atoms. The van der Waals surface area contributed by atoms with E-state index in [0.29, 0.717) is 19.0 Å². The zero-order chi connectivity index (χ0) is 16.2. The number of aryl methyl sites for hydroxylation is 2. The van der Waals surface area contributed by atoms with Crippen molar-refractivity contribution in [2.45, 2.75) is 20.0 Å². The van der Waals surface area contributed by atoms with Crippen molar-refractivity contribution in [1.82, 2.24) is 9.88 Å². The van der Waals surface area contributed by atoms with Gasteiger partial charge >= 0.3 is 0 Å². The lowest BCUT2D eigenvalue weighted by atomic mass is 10.1. The number of ether oxygens (including phenoxy) is 2. The van der Waals surface area contributed by atoms with Crippen molar-refractivity contribution in [1.29, 1.82) is 0 Å². The molecule has 0 radical (unpaired) electrons. The van der Waals surface area contributed by atoms with Gasteiger partial charge in [0.2, 0.25) is 5.88 Å². The van der Waals surface area contributed by atoms with Crippen LogP contribution < -0.4 is 9.47 Å². The molecular weight excluding hydrogens is 292 g/mol. The largest absolute Gasteiger partial charge is 0.484 e. The average Bonchev–Trinajstić information content (AvgIpc) is 2.49. The fourth-order valence-electron chi connectivity index (χ4n) is 2.42. The Hall–Kier alpha value is -2.56. The van der Waals surface area contributed by atoms with E-state index in [9.17, 15) is 4.79 Å². The van der Waals surface area contributed by atoms with E-state index in [1.165, 1.54) is 0 Å². The minimum absolute atomic E-state index is 0.00621. The first kappa shape index (κ1) is 15.3. The number of hydrogen-bond donors (Lipinski definition) is 0. The van der Waals surface area contributed by atoms with Crippen LogP contribution in [0.2, 0.25) is 0 Å². The number of carbonyl (C=O) groups excluding carboxylic acids is 1. The summed E-state index contributed by atoms with van der Waals surface area (Å²) >= 11 is 0. The molecule has 120 valence electrons. The first-order valence-corrected chi connectivity index (χ1v) is 7.68. The van der Waals surface area contributed by atoms with Crippen LogP contribution in [-0.4, -0.2) is 41.6 Å². The standard InChI is InChI=1S/C18H20N2O3/c1-13-6-3-4-8-16(13)22-12-18(21)20-10-15(11-20)23-17-9-5-7-14(2)19-17/h3-9,15H,10-12H2,1-2H3. The Morgan fingerprint density at radius 2 is 1.96 bits per heavy atom. The van der Waals surface area contributed by atoms with Crippen LogP contribution in [0.3, 0.4) is 0 Å². The molecule has 5 nitrogen and oxygen atoms in total. The highest BCUT2D eigenvalue weighted by Crippen LogP contribution is 2.18. The van der Waals surface area contributed by atoms with Gasteiger partial charge in [0.05, 0.1) is 13.1 Å². The van der Waals surface area contributed by atoms with Crippen molar-refractivity contribution in [3.63, 3.8) is 0 Å². The average molecular weight is 312 g/mol. The molecule has 0 bridgehead atoms. The maximum atomic E-state index is 12.1. The molecule has 1 aromatic carbocycles. The number of hydrogen-bond acceptors (Lipinski definition) is 4. The lowest BCUT2D eigenvalue weighted by Crippen LogP contribution is -2.57. The third-order valence-corrected chi connectivity index (χ3v) is 3.80. The summed E-state index contributed by atoms with van der Waals surface area (Å²) in [5.74, 6) is 1.33. The highest BCUT2D eigenvalue weighted by molar-refractivity contribution is 5.78. The van der Waals surface area contributed by atoms with E-state index in [-0.39, 0.29) is 18.6 Å². The molecule has 0 atom stereocenters. The van der Waals surface area contributed by atoms with Crippen molar-refractivity contribution >= 4 is 5.91 Å². The van der Waals surface area contributed by atoms with Gasteiger partial charge in [-0.3, -0.25) is 4.79 Å². The second-order valence-electron chi connectivity index (χ2n) is 5.71. The molecule has 0 aliphatic carbocycles. The molecule has 1 amide bonds. The maximum absolute atomic E-state index is 12.1. The first-order valence-electron chi connectivity index (χ1n) is 7.68. The van der Waals surface area contributed by atoms with Crippen LogP contribution >= 0.6 is 0 Å². The van der Waals surface area contributed by atoms with Gasteiger partial charge in [-0.25, -0.2) is 4.98 Å². The van der Waals surface area contributed by atoms with E-state index in [0.717, 1.165) is 17.0 Å². The third-order valence-electron chi connectivity index (χ3n) is 3.80. The molecule has 1 saturated heterocycles. The molecule has 1 aromatic heterocycles. The Labute approximate surface area is 135 Å². The molecule has 1 aliphatic rings. The molecular formula is C18H20N2O3. The SMILES string of the molecule is Cc1cccc(OC2CN(C(=O)COc3ccccc3C)C2)n1. The number of para-hydroxylation sites is 1. The van der Waals surface area contributed by atoms with Gasteiger partial charge in [-0.15, -0.1) is 0 Å². The maximum Gasteiger partial charge on any atom is 0.260 e. The van der Waals surface area contributed by atoms with Gasteiger partial charge < -0.3 is 14.4 Å². The molecule has 2 aromatic rings. The Morgan fingerprint density at radius 1 is 1.17 bits per heavy atom. The fraction of sp³-hybridized carbons (Fsp3) is 0.333. The van der Waals surface area contributed by atoms with E-state index in [4.69, 9.17) is 9.47 Å². The second-order valence-corrected chi connectivity index (χ2v) is 5.71. The van der Waals surface area contributed by atoms with Gasteiger partial charge in [0, 0.05) is 11.8 Å². The Kier molecular flexibility index (Phi) is 4.46. The first-order chi connectivity index (χ1) is 11.1. The molecule has 2 heterocycles. The van der Waals surface area contributed by atoms with Crippen LogP contribution in [-0.2, 0) is 4.79 Å². The molecule has 0 unspecified atom stereocenters. The van der Waals surface area contributed by atoms with Gasteiger partial charge in [0.25, 0.3) is 5.91 Å². The van der Waals surface area contributed by atoms with Crippen LogP contribution in [0.5, 0.6) is 11.6 Å². The summed E-state index contributed by atoms with van der Waals surface area (Å²) < 4.78 is 11.3. The van der Waals surface area contributed by atoms with Crippen molar-refractivity contribution in [3.8, 4) is 11.6 Å². The predicted octanol–water partition coefficient (Wildman–Crippen LogP) is 2.37. The normalized spacial score (nSPS) is 14.3. The van der Waals surface area contributed by atoms with Gasteiger partial charge in [0.1, 0.15) is 11.9 Å². The molecule has 1 fully saturated rings. The van der Waals surface area contributed by atoms with Crippen LogP contribution in [0.1, 0.15) is 11.3 Å². The van der Waals surface area contributed by atoms with E-state index in [2.05, 4.69) is 4.98 Å². The monoisotopic (exact) mass is 312 g/mol.